The smallest absolute Gasteiger partial charge is 0.222 e. The maximum absolute atomic E-state index is 12.1. The topological polar surface area (TPSA) is 92.4 Å². The number of aliphatic hydroxyl groups excluding tert-OH is 1. The van der Waals surface area contributed by atoms with Crippen LogP contribution in [-0.2, 0) is 16.0 Å². The SMILES string of the molecule is CNC(=O)[C@H](CC(C)C(N)=O)C[C@@H](O)CCc1ccc2ccccc2c1. The number of primary amides is 1. The van der Waals surface area contributed by atoms with Crippen LogP contribution in [0.4, 0.5) is 0 Å². The molecule has 2 rings (SSSR count). The number of amides is 2. The highest BCUT2D eigenvalue weighted by Crippen LogP contribution is 2.21. The van der Waals surface area contributed by atoms with Gasteiger partial charge in [0, 0.05) is 18.9 Å². The standard InChI is InChI=1S/C21H28N2O3/c1-14(20(22)25)11-18(21(26)23-2)13-19(24)10-8-15-7-9-16-5-3-4-6-17(16)12-15/h3-7,9,12,14,18-19,24H,8,10-11,13H2,1-2H3,(H2,22,25)(H,23,26)/t14?,18-,19+/m1/s1. The molecule has 0 fully saturated rings. The fourth-order valence-corrected chi connectivity index (χ4v) is 3.23. The van der Waals surface area contributed by atoms with Gasteiger partial charge in [-0.3, -0.25) is 9.59 Å². The minimum Gasteiger partial charge on any atom is -0.393 e. The molecule has 0 radical (unpaired) electrons. The molecule has 26 heavy (non-hydrogen) atoms. The van der Waals surface area contributed by atoms with E-state index in [2.05, 4.69) is 35.6 Å². The quantitative estimate of drug-likeness (QED) is 0.644. The zero-order valence-corrected chi connectivity index (χ0v) is 15.4. The van der Waals surface area contributed by atoms with Gasteiger partial charge in [0.1, 0.15) is 0 Å². The van der Waals surface area contributed by atoms with Crippen LogP contribution in [0.5, 0.6) is 0 Å². The second-order valence-electron chi connectivity index (χ2n) is 6.96. The van der Waals surface area contributed by atoms with Crippen LogP contribution in [0.3, 0.4) is 0 Å². The van der Waals surface area contributed by atoms with Gasteiger partial charge in [-0.15, -0.1) is 0 Å². The Kier molecular flexibility index (Phi) is 7.16. The molecule has 0 spiro atoms. The molecule has 5 nitrogen and oxygen atoms in total. The Labute approximate surface area is 154 Å². The Balaban J connectivity index is 1.94. The van der Waals surface area contributed by atoms with Gasteiger partial charge in [-0.05, 0) is 42.0 Å². The predicted molar refractivity (Wildman–Crippen MR) is 103 cm³/mol. The van der Waals surface area contributed by atoms with E-state index in [0.717, 1.165) is 12.0 Å². The molecule has 0 aliphatic heterocycles. The van der Waals surface area contributed by atoms with E-state index in [4.69, 9.17) is 5.73 Å². The number of benzene rings is 2. The first kappa shape index (κ1) is 19.9. The number of hydrogen-bond acceptors (Lipinski definition) is 3. The van der Waals surface area contributed by atoms with Crippen LogP contribution in [0.15, 0.2) is 42.5 Å². The maximum atomic E-state index is 12.1. The highest BCUT2D eigenvalue weighted by molar-refractivity contribution is 5.83. The Morgan fingerprint density at radius 3 is 2.46 bits per heavy atom. The van der Waals surface area contributed by atoms with Gasteiger partial charge in [0.25, 0.3) is 0 Å². The molecule has 3 atom stereocenters. The summed E-state index contributed by atoms with van der Waals surface area (Å²) in [5.41, 5.74) is 6.46. The number of hydrogen-bond donors (Lipinski definition) is 3. The molecule has 0 bridgehead atoms. The van der Waals surface area contributed by atoms with E-state index in [9.17, 15) is 14.7 Å². The van der Waals surface area contributed by atoms with Crippen LogP contribution < -0.4 is 11.1 Å². The third kappa shape index (κ3) is 5.56. The van der Waals surface area contributed by atoms with Crippen molar-refractivity contribution in [3.63, 3.8) is 0 Å². The zero-order valence-electron chi connectivity index (χ0n) is 15.4. The summed E-state index contributed by atoms with van der Waals surface area (Å²) >= 11 is 0. The summed E-state index contributed by atoms with van der Waals surface area (Å²) in [5.74, 6) is -1.41. The molecular weight excluding hydrogens is 328 g/mol. The Morgan fingerprint density at radius 2 is 1.81 bits per heavy atom. The number of aryl methyl sites for hydroxylation is 1. The van der Waals surface area contributed by atoms with Crippen LogP contribution in [0.1, 0.15) is 31.7 Å². The average Bonchev–Trinajstić information content (AvgIpc) is 2.64. The molecule has 4 N–H and O–H groups in total. The van der Waals surface area contributed by atoms with Crippen molar-refractivity contribution in [2.45, 2.75) is 38.7 Å². The molecule has 0 aliphatic rings. The normalized spacial score (nSPS) is 14.6. The minimum absolute atomic E-state index is 0.164. The predicted octanol–water partition coefficient (Wildman–Crippen LogP) is 2.40. The second-order valence-corrected chi connectivity index (χ2v) is 6.96. The molecule has 2 aromatic carbocycles. The molecule has 0 saturated carbocycles. The van der Waals surface area contributed by atoms with Crippen molar-refractivity contribution < 1.29 is 14.7 Å². The summed E-state index contributed by atoms with van der Waals surface area (Å²) < 4.78 is 0. The first-order valence-corrected chi connectivity index (χ1v) is 9.07. The summed E-state index contributed by atoms with van der Waals surface area (Å²) in [6.45, 7) is 1.71. The van der Waals surface area contributed by atoms with Gasteiger partial charge in [-0.25, -0.2) is 0 Å². The second kappa shape index (κ2) is 9.34. The minimum atomic E-state index is -0.608. The van der Waals surface area contributed by atoms with E-state index in [1.54, 1.807) is 14.0 Å². The van der Waals surface area contributed by atoms with E-state index < -0.39 is 23.8 Å². The van der Waals surface area contributed by atoms with Gasteiger partial charge in [-0.1, -0.05) is 49.4 Å². The first-order chi connectivity index (χ1) is 12.4. The van der Waals surface area contributed by atoms with Gasteiger partial charge < -0.3 is 16.2 Å². The summed E-state index contributed by atoms with van der Waals surface area (Å²) in [6, 6.07) is 14.4. The van der Waals surface area contributed by atoms with Crippen molar-refractivity contribution in [1.29, 1.82) is 0 Å². The lowest BCUT2D eigenvalue weighted by Crippen LogP contribution is -2.34. The van der Waals surface area contributed by atoms with Crippen molar-refractivity contribution >= 4 is 22.6 Å². The van der Waals surface area contributed by atoms with Crippen molar-refractivity contribution in [3.8, 4) is 0 Å². The Bertz CT molecular complexity index is 760. The number of rotatable bonds is 9. The molecule has 0 saturated heterocycles. The van der Waals surface area contributed by atoms with Gasteiger partial charge in [0.05, 0.1) is 6.10 Å². The van der Waals surface area contributed by atoms with E-state index in [-0.39, 0.29) is 5.91 Å². The first-order valence-electron chi connectivity index (χ1n) is 9.07. The third-order valence-corrected chi connectivity index (χ3v) is 4.88. The molecular formula is C21H28N2O3. The highest BCUT2D eigenvalue weighted by Gasteiger charge is 2.25. The van der Waals surface area contributed by atoms with Crippen LogP contribution in [0.25, 0.3) is 10.8 Å². The number of fused-ring (bicyclic) bond motifs is 1. The Morgan fingerprint density at radius 1 is 1.12 bits per heavy atom. The van der Waals surface area contributed by atoms with E-state index in [0.29, 0.717) is 19.3 Å². The number of carbonyl (C=O) groups excluding carboxylic acids is 2. The van der Waals surface area contributed by atoms with E-state index in [1.807, 2.05) is 12.1 Å². The number of nitrogens with two attached hydrogens (primary N) is 1. The van der Waals surface area contributed by atoms with Crippen molar-refractivity contribution in [3.05, 3.63) is 48.0 Å². The van der Waals surface area contributed by atoms with Crippen molar-refractivity contribution in [2.24, 2.45) is 17.6 Å². The lowest BCUT2D eigenvalue weighted by atomic mass is 9.88. The maximum Gasteiger partial charge on any atom is 0.222 e. The van der Waals surface area contributed by atoms with E-state index in [1.165, 1.54) is 10.8 Å². The van der Waals surface area contributed by atoms with Crippen LogP contribution in [0, 0.1) is 11.8 Å². The molecule has 1 unspecified atom stereocenters. The lowest BCUT2D eigenvalue weighted by Gasteiger charge is -2.21. The van der Waals surface area contributed by atoms with Gasteiger partial charge in [0.15, 0.2) is 0 Å². The average molecular weight is 356 g/mol. The van der Waals surface area contributed by atoms with Crippen LogP contribution >= 0.6 is 0 Å². The monoisotopic (exact) mass is 356 g/mol. The number of carbonyl (C=O) groups is 2. The van der Waals surface area contributed by atoms with Crippen molar-refractivity contribution in [1.82, 2.24) is 5.32 Å². The fraction of sp³-hybridized carbons (Fsp3) is 0.429. The summed E-state index contributed by atoms with van der Waals surface area (Å²) in [6.07, 6.45) is 1.37. The number of nitrogens with one attached hydrogen (secondary N) is 1. The lowest BCUT2D eigenvalue weighted by molar-refractivity contribution is -0.127. The van der Waals surface area contributed by atoms with Gasteiger partial charge in [-0.2, -0.15) is 0 Å². The van der Waals surface area contributed by atoms with Crippen LogP contribution in [-0.4, -0.2) is 30.1 Å². The fourth-order valence-electron chi connectivity index (χ4n) is 3.23. The molecule has 2 aromatic rings. The highest BCUT2D eigenvalue weighted by atomic mass is 16.3. The third-order valence-electron chi connectivity index (χ3n) is 4.88. The van der Waals surface area contributed by atoms with Gasteiger partial charge >= 0.3 is 0 Å². The summed E-state index contributed by atoms with van der Waals surface area (Å²) in [5, 5.41) is 15.4. The van der Waals surface area contributed by atoms with Gasteiger partial charge in [0.2, 0.25) is 11.8 Å². The van der Waals surface area contributed by atoms with E-state index >= 15 is 0 Å². The summed E-state index contributed by atoms with van der Waals surface area (Å²) in [4.78, 5) is 23.3. The molecule has 0 aromatic heterocycles. The zero-order chi connectivity index (χ0) is 19.1. The molecule has 5 heteroatoms. The summed E-state index contributed by atoms with van der Waals surface area (Å²) in [7, 11) is 1.56. The Hall–Kier alpha value is -2.40. The van der Waals surface area contributed by atoms with Crippen LogP contribution in [0.2, 0.25) is 0 Å². The molecule has 0 heterocycles. The number of aliphatic hydroxyl groups is 1. The molecule has 140 valence electrons. The van der Waals surface area contributed by atoms with Crippen molar-refractivity contribution in [2.75, 3.05) is 7.05 Å². The largest absolute Gasteiger partial charge is 0.393 e. The molecule has 2 amide bonds. The molecule has 0 aliphatic carbocycles.